The van der Waals surface area contributed by atoms with Gasteiger partial charge in [-0.2, -0.15) is 4.80 Å². The summed E-state index contributed by atoms with van der Waals surface area (Å²) in [4.78, 5) is 13.7. The minimum atomic E-state index is -0.172. The number of aryl methyl sites for hydroxylation is 1. The van der Waals surface area contributed by atoms with E-state index in [9.17, 15) is 4.79 Å². The lowest BCUT2D eigenvalue weighted by molar-refractivity contribution is -0.117. The molecule has 134 valence electrons. The first-order valence-electron chi connectivity index (χ1n) is 8.81. The average Bonchev–Trinajstić information content (AvgIpc) is 3.10. The van der Waals surface area contributed by atoms with Crippen molar-refractivity contribution in [1.29, 1.82) is 0 Å². The highest BCUT2D eigenvalue weighted by atomic mass is 16.2. The number of rotatable bonds is 6. The Balaban J connectivity index is 1.71. The van der Waals surface area contributed by atoms with Crippen LogP contribution in [-0.4, -0.2) is 26.1 Å². The Morgan fingerprint density at radius 3 is 2.65 bits per heavy atom. The Bertz CT molecular complexity index is 902. The number of amides is 1. The van der Waals surface area contributed by atoms with E-state index < -0.39 is 0 Å². The number of carbonyl (C=O) groups is 1. The molecule has 1 atom stereocenters. The van der Waals surface area contributed by atoms with Crippen LogP contribution >= 0.6 is 0 Å². The molecule has 6 nitrogen and oxygen atoms in total. The van der Waals surface area contributed by atoms with E-state index in [1.54, 1.807) is 0 Å². The number of nitrogens with zero attached hydrogens (tertiary/aromatic N) is 4. The van der Waals surface area contributed by atoms with Gasteiger partial charge in [-0.05, 0) is 41.7 Å². The van der Waals surface area contributed by atoms with Crippen LogP contribution in [0.3, 0.4) is 0 Å². The van der Waals surface area contributed by atoms with Gasteiger partial charge in [0.25, 0.3) is 0 Å². The molecular formula is C20H23N5O. The largest absolute Gasteiger partial charge is 0.324 e. The highest BCUT2D eigenvalue weighted by Gasteiger charge is 2.13. The smallest absolute Gasteiger partial charge is 0.248 e. The first kappa shape index (κ1) is 17.8. The lowest BCUT2D eigenvalue weighted by atomic mass is 9.97. The molecule has 0 fully saturated rings. The van der Waals surface area contributed by atoms with E-state index in [2.05, 4.69) is 34.6 Å². The predicted molar refractivity (Wildman–Crippen MR) is 102 cm³/mol. The molecular weight excluding hydrogens is 326 g/mol. The highest BCUT2D eigenvalue weighted by molar-refractivity contribution is 5.91. The number of hydrogen-bond acceptors (Lipinski definition) is 4. The van der Waals surface area contributed by atoms with Gasteiger partial charge in [0, 0.05) is 11.3 Å². The second kappa shape index (κ2) is 7.91. The first-order chi connectivity index (χ1) is 12.6. The lowest BCUT2D eigenvalue weighted by Crippen LogP contribution is -2.21. The number of aromatic nitrogens is 4. The van der Waals surface area contributed by atoms with Gasteiger partial charge in [-0.3, -0.25) is 4.79 Å². The second-order valence-corrected chi connectivity index (χ2v) is 6.40. The van der Waals surface area contributed by atoms with Crippen LogP contribution in [0.25, 0.3) is 11.4 Å². The number of carbonyl (C=O) groups excluding carboxylic acids is 1. The zero-order chi connectivity index (χ0) is 18.5. The fraction of sp³-hybridized carbons (Fsp3) is 0.300. The zero-order valence-electron chi connectivity index (χ0n) is 15.3. The summed E-state index contributed by atoms with van der Waals surface area (Å²) in [5, 5.41) is 15.4. The third-order valence-corrected chi connectivity index (χ3v) is 4.50. The SMILES string of the molecule is CC[C@H](C)c1ccccc1NC(=O)Cn1nnc(-c2ccccc2C)n1. The fourth-order valence-corrected chi connectivity index (χ4v) is 2.82. The van der Waals surface area contributed by atoms with Crippen molar-refractivity contribution < 1.29 is 4.79 Å². The number of hydrogen-bond donors (Lipinski definition) is 1. The molecule has 3 rings (SSSR count). The predicted octanol–water partition coefficient (Wildman–Crippen LogP) is 3.80. The fourth-order valence-electron chi connectivity index (χ4n) is 2.82. The minimum absolute atomic E-state index is 0.0215. The molecule has 0 bridgehead atoms. The summed E-state index contributed by atoms with van der Waals surface area (Å²) in [6, 6.07) is 15.7. The van der Waals surface area contributed by atoms with Crippen molar-refractivity contribution in [3.63, 3.8) is 0 Å². The van der Waals surface area contributed by atoms with E-state index in [1.807, 2.05) is 55.5 Å². The van der Waals surface area contributed by atoms with Crippen molar-refractivity contribution >= 4 is 11.6 Å². The molecule has 1 heterocycles. The second-order valence-electron chi connectivity index (χ2n) is 6.40. The van der Waals surface area contributed by atoms with Gasteiger partial charge in [0.2, 0.25) is 11.7 Å². The van der Waals surface area contributed by atoms with Crippen LogP contribution in [0.2, 0.25) is 0 Å². The minimum Gasteiger partial charge on any atom is -0.324 e. The summed E-state index contributed by atoms with van der Waals surface area (Å²) < 4.78 is 0. The summed E-state index contributed by atoms with van der Waals surface area (Å²) >= 11 is 0. The standard InChI is InChI=1S/C20H23N5O/c1-4-14(2)16-10-7-8-12-18(16)21-19(26)13-25-23-20(22-24-25)17-11-6-5-9-15(17)3/h5-12,14H,4,13H2,1-3H3,(H,21,26)/t14-/m0/s1. The molecule has 6 heteroatoms. The van der Waals surface area contributed by atoms with E-state index in [1.165, 1.54) is 4.80 Å². The van der Waals surface area contributed by atoms with E-state index in [0.717, 1.165) is 28.8 Å². The van der Waals surface area contributed by atoms with Crippen molar-refractivity contribution in [2.75, 3.05) is 5.32 Å². The van der Waals surface area contributed by atoms with Crippen LogP contribution in [0, 0.1) is 6.92 Å². The summed E-state index contributed by atoms with van der Waals surface area (Å²) in [6.45, 7) is 6.30. The van der Waals surface area contributed by atoms with Crippen LogP contribution in [0.5, 0.6) is 0 Å². The third kappa shape index (κ3) is 3.96. The Morgan fingerprint density at radius 2 is 1.88 bits per heavy atom. The quantitative estimate of drug-likeness (QED) is 0.734. The van der Waals surface area contributed by atoms with Crippen LogP contribution < -0.4 is 5.32 Å². The van der Waals surface area contributed by atoms with Gasteiger partial charge in [-0.15, -0.1) is 10.2 Å². The summed E-state index contributed by atoms with van der Waals surface area (Å²) in [5.41, 5.74) is 3.96. The normalized spacial score (nSPS) is 12.0. The van der Waals surface area contributed by atoms with Crippen molar-refractivity contribution in [3.05, 3.63) is 59.7 Å². The maximum absolute atomic E-state index is 12.4. The number of nitrogens with one attached hydrogen (secondary N) is 1. The molecule has 0 saturated heterocycles. The lowest BCUT2D eigenvalue weighted by Gasteiger charge is -2.15. The number of para-hydroxylation sites is 1. The zero-order valence-corrected chi connectivity index (χ0v) is 15.3. The highest BCUT2D eigenvalue weighted by Crippen LogP contribution is 2.26. The van der Waals surface area contributed by atoms with Crippen molar-refractivity contribution in [2.45, 2.75) is 39.7 Å². The van der Waals surface area contributed by atoms with Gasteiger partial charge in [-0.1, -0.05) is 56.3 Å². The van der Waals surface area contributed by atoms with Gasteiger partial charge in [0.1, 0.15) is 6.54 Å². The van der Waals surface area contributed by atoms with Gasteiger partial charge < -0.3 is 5.32 Å². The molecule has 3 aromatic rings. The molecule has 1 N–H and O–H groups in total. The van der Waals surface area contributed by atoms with Crippen LogP contribution in [-0.2, 0) is 11.3 Å². The monoisotopic (exact) mass is 349 g/mol. The van der Waals surface area contributed by atoms with Crippen LogP contribution in [0.1, 0.15) is 37.3 Å². The summed E-state index contributed by atoms with van der Waals surface area (Å²) in [5.74, 6) is 0.731. The van der Waals surface area contributed by atoms with Gasteiger partial charge >= 0.3 is 0 Å². The van der Waals surface area contributed by atoms with E-state index >= 15 is 0 Å². The molecule has 2 aromatic carbocycles. The van der Waals surface area contributed by atoms with Gasteiger partial charge in [0.05, 0.1) is 0 Å². The van der Waals surface area contributed by atoms with E-state index in [4.69, 9.17) is 0 Å². The maximum atomic E-state index is 12.4. The molecule has 0 aliphatic rings. The summed E-state index contributed by atoms with van der Waals surface area (Å²) in [6.07, 6.45) is 1.01. The molecule has 1 aromatic heterocycles. The third-order valence-electron chi connectivity index (χ3n) is 4.50. The Kier molecular flexibility index (Phi) is 5.41. The topological polar surface area (TPSA) is 72.7 Å². The Hall–Kier alpha value is -3.02. The Labute approximate surface area is 153 Å². The number of anilines is 1. The van der Waals surface area contributed by atoms with Gasteiger partial charge in [0.15, 0.2) is 0 Å². The summed E-state index contributed by atoms with van der Waals surface area (Å²) in [7, 11) is 0. The molecule has 0 aliphatic carbocycles. The Morgan fingerprint density at radius 1 is 1.15 bits per heavy atom. The molecule has 0 spiro atoms. The molecule has 1 amide bonds. The average molecular weight is 349 g/mol. The molecule has 0 saturated carbocycles. The molecule has 0 aliphatic heterocycles. The van der Waals surface area contributed by atoms with Gasteiger partial charge in [-0.25, -0.2) is 0 Å². The molecule has 0 radical (unpaired) electrons. The van der Waals surface area contributed by atoms with Crippen molar-refractivity contribution in [1.82, 2.24) is 20.2 Å². The van der Waals surface area contributed by atoms with E-state index in [-0.39, 0.29) is 12.5 Å². The van der Waals surface area contributed by atoms with Crippen molar-refractivity contribution in [2.24, 2.45) is 0 Å². The maximum Gasteiger partial charge on any atom is 0.248 e. The first-order valence-corrected chi connectivity index (χ1v) is 8.81. The van der Waals surface area contributed by atoms with Crippen LogP contribution in [0.15, 0.2) is 48.5 Å². The molecule has 0 unspecified atom stereocenters. The van der Waals surface area contributed by atoms with Crippen molar-refractivity contribution in [3.8, 4) is 11.4 Å². The van der Waals surface area contributed by atoms with Crippen LogP contribution in [0.4, 0.5) is 5.69 Å². The number of tetrazole rings is 1. The van der Waals surface area contributed by atoms with E-state index in [0.29, 0.717) is 11.7 Å². The molecule has 26 heavy (non-hydrogen) atoms. The number of benzene rings is 2.